The highest BCUT2D eigenvalue weighted by molar-refractivity contribution is 5.88. The van der Waals surface area contributed by atoms with Gasteiger partial charge in [-0.3, -0.25) is 15.0 Å². The Balaban J connectivity index is 1.80. The molecule has 0 spiro atoms. The molecule has 0 radical (unpaired) electrons. The van der Waals surface area contributed by atoms with E-state index in [9.17, 15) is 9.59 Å². The zero-order valence-corrected chi connectivity index (χ0v) is 21.9. The maximum absolute atomic E-state index is 14.0. The smallest absolute Gasteiger partial charge is 0.281 e. The summed E-state index contributed by atoms with van der Waals surface area (Å²) in [6.45, 7) is 11.4. The Labute approximate surface area is 212 Å². The van der Waals surface area contributed by atoms with Crippen LogP contribution in [0.5, 0.6) is 11.5 Å². The van der Waals surface area contributed by atoms with Gasteiger partial charge in [-0.2, -0.15) is 4.68 Å². The van der Waals surface area contributed by atoms with Gasteiger partial charge in [0.05, 0.1) is 24.6 Å². The number of nitrogens with zero attached hydrogens (tertiary/aromatic N) is 3. The van der Waals surface area contributed by atoms with Gasteiger partial charge in [-0.15, -0.1) is 0 Å². The number of hydrogen-bond acceptors (Lipinski definition) is 6. The third-order valence-corrected chi connectivity index (χ3v) is 6.42. The van der Waals surface area contributed by atoms with Crippen molar-refractivity contribution in [2.24, 2.45) is 0 Å². The molecule has 8 nitrogen and oxygen atoms in total. The molecule has 1 saturated heterocycles. The van der Waals surface area contributed by atoms with Crippen molar-refractivity contribution < 1.29 is 14.3 Å². The fourth-order valence-corrected chi connectivity index (χ4v) is 4.81. The summed E-state index contributed by atoms with van der Waals surface area (Å²) in [6.07, 6.45) is 3.46. The second-order valence-electron chi connectivity index (χ2n) is 10.3. The second-order valence-corrected chi connectivity index (χ2v) is 10.3. The second kappa shape index (κ2) is 10.7. The molecule has 1 N–H and O–H groups in total. The fraction of sp³-hybridized carbons (Fsp3) is 0.464. The van der Waals surface area contributed by atoms with Crippen molar-refractivity contribution in [3.8, 4) is 22.9 Å². The number of nitrogens with one attached hydrogen (secondary N) is 1. The van der Waals surface area contributed by atoms with Gasteiger partial charge in [-0.1, -0.05) is 32.9 Å². The molecule has 0 saturated carbocycles. The molecule has 1 aliphatic rings. The van der Waals surface area contributed by atoms with Crippen molar-refractivity contribution in [1.82, 2.24) is 14.6 Å². The van der Waals surface area contributed by atoms with E-state index in [0.717, 1.165) is 31.6 Å². The van der Waals surface area contributed by atoms with E-state index in [4.69, 9.17) is 14.5 Å². The van der Waals surface area contributed by atoms with Gasteiger partial charge in [-0.05, 0) is 62.0 Å². The minimum Gasteiger partial charge on any atom is -0.497 e. The van der Waals surface area contributed by atoms with Crippen LogP contribution in [0.1, 0.15) is 52.5 Å². The highest BCUT2D eigenvalue weighted by Crippen LogP contribution is 2.36. The summed E-state index contributed by atoms with van der Waals surface area (Å²) in [7, 11) is 1.58. The van der Waals surface area contributed by atoms with Crippen LogP contribution >= 0.6 is 0 Å². The zero-order valence-electron chi connectivity index (χ0n) is 21.9. The Morgan fingerprint density at radius 2 is 1.89 bits per heavy atom. The van der Waals surface area contributed by atoms with Gasteiger partial charge >= 0.3 is 0 Å². The number of likely N-dealkylation sites (tertiary alicyclic amines) is 1. The number of carbonyl (C=O) groups excluding carboxylic acids is 1. The standard InChI is InChI=1S/C28H36N4O4/c1-19(33)30-32-26(20-10-8-11-21(18-20)35-5)29-22-12-13-23(25(28(2,3)4)24(22)27(32)34)36-17-9-16-31-14-6-7-15-31/h8,10-13,18H,6-7,9,14-17H2,1-5H3,(H,30,33). The summed E-state index contributed by atoms with van der Waals surface area (Å²) in [5.74, 6) is 1.28. The van der Waals surface area contributed by atoms with Crippen LogP contribution in [0.2, 0.25) is 0 Å². The number of rotatable bonds is 8. The maximum Gasteiger partial charge on any atom is 0.281 e. The van der Waals surface area contributed by atoms with Crippen molar-refractivity contribution in [2.75, 3.05) is 38.8 Å². The monoisotopic (exact) mass is 492 g/mol. The van der Waals surface area contributed by atoms with Crippen molar-refractivity contribution >= 4 is 16.8 Å². The molecule has 8 heteroatoms. The van der Waals surface area contributed by atoms with E-state index < -0.39 is 5.41 Å². The van der Waals surface area contributed by atoms with Gasteiger partial charge in [0.15, 0.2) is 5.82 Å². The lowest BCUT2D eigenvalue weighted by molar-refractivity contribution is -0.115. The number of methoxy groups -OCH3 is 1. The first-order valence-corrected chi connectivity index (χ1v) is 12.6. The molecule has 3 aromatic rings. The normalized spacial score (nSPS) is 14.2. The summed E-state index contributed by atoms with van der Waals surface area (Å²) < 4.78 is 12.8. The lowest BCUT2D eigenvalue weighted by Gasteiger charge is -2.25. The Kier molecular flexibility index (Phi) is 7.64. The highest BCUT2D eigenvalue weighted by atomic mass is 16.5. The van der Waals surface area contributed by atoms with Crippen LogP contribution in [-0.2, 0) is 10.2 Å². The molecule has 1 aliphatic heterocycles. The molecule has 1 fully saturated rings. The van der Waals surface area contributed by atoms with Crippen LogP contribution in [0.15, 0.2) is 41.2 Å². The van der Waals surface area contributed by atoms with Crippen molar-refractivity contribution in [2.45, 2.75) is 52.4 Å². The topological polar surface area (TPSA) is 85.7 Å². The predicted molar refractivity (Wildman–Crippen MR) is 143 cm³/mol. The van der Waals surface area contributed by atoms with E-state index in [-0.39, 0.29) is 11.5 Å². The largest absolute Gasteiger partial charge is 0.497 e. The third kappa shape index (κ3) is 5.54. The Bertz CT molecular complexity index is 1300. The molecule has 0 unspecified atom stereocenters. The summed E-state index contributed by atoms with van der Waals surface area (Å²) in [4.78, 5) is 33.3. The molecule has 0 atom stereocenters. The molecule has 2 aromatic carbocycles. The van der Waals surface area contributed by atoms with Gasteiger partial charge in [-0.25, -0.2) is 4.98 Å². The van der Waals surface area contributed by atoms with E-state index in [2.05, 4.69) is 31.1 Å². The molecule has 1 aromatic heterocycles. The fourth-order valence-electron chi connectivity index (χ4n) is 4.81. The number of fused-ring (bicyclic) bond motifs is 1. The summed E-state index contributed by atoms with van der Waals surface area (Å²) in [5.41, 5.74) is 3.92. The molecule has 36 heavy (non-hydrogen) atoms. The maximum atomic E-state index is 14.0. The quantitative estimate of drug-likeness (QED) is 0.471. The molecule has 4 rings (SSSR count). The first-order chi connectivity index (χ1) is 17.2. The summed E-state index contributed by atoms with van der Waals surface area (Å²) in [5, 5.41) is 0.444. The Morgan fingerprint density at radius 3 is 2.56 bits per heavy atom. The third-order valence-electron chi connectivity index (χ3n) is 6.42. The summed E-state index contributed by atoms with van der Waals surface area (Å²) in [6, 6.07) is 11.0. The molecule has 192 valence electrons. The molecule has 0 bridgehead atoms. The number of carbonyl (C=O) groups is 1. The van der Waals surface area contributed by atoms with Crippen LogP contribution in [0.25, 0.3) is 22.3 Å². The van der Waals surface area contributed by atoms with Crippen LogP contribution in [0, 0.1) is 0 Å². The molecular weight excluding hydrogens is 456 g/mol. The minimum atomic E-state index is -0.393. The number of benzene rings is 2. The Morgan fingerprint density at radius 1 is 1.14 bits per heavy atom. The van der Waals surface area contributed by atoms with E-state index >= 15 is 0 Å². The van der Waals surface area contributed by atoms with Gasteiger partial charge in [0.2, 0.25) is 5.91 Å². The molecule has 1 amide bonds. The van der Waals surface area contributed by atoms with Crippen molar-refractivity contribution in [3.05, 3.63) is 52.3 Å². The average Bonchev–Trinajstić information content (AvgIpc) is 3.36. The van der Waals surface area contributed by atoms with Gasteiger partial charge < -0.3 is 14.4 Å². The first kappa shape index (κ1) is 25.7. The van der Waals surface area contributed by atoms with E-state index in [0.29, 0.717) is 40.4 Å². The Hall–Kier alpha value is -3.39. The van der Waals surface area contributed by atoms with E-state index in [1.165, 1.54) is 24.4 Å². The number of hydrogen-bond donors (Lipinski definition) is 1. The lowest BCUT2D eigenvalue weighted by atomic mass is 9.84. The number of ether oxygens (including phenoxy) is 2. The SMILES string of the molecule is COc1cccc(-c2nc3ccc(OCCCN4CCCC4)c(C(C)(C)C)c3c(=O)n2NC(C)=O)c1. The first-order valence-electron chi connectivity index (χ1n) is 12.6. The predicted octanol–water partition coefficient (Wildman–Crippen LogP) is 4.32. The van der Waals surface area contributed by atoms with Crippen LogP contribution < -0.4 is 20.5 Å². The molecular formula is C28H36N4O4. The van der Waals surface area contributed by atoms with Crippen molar-refractivity contribution in [1.29, 1.82) is 0 Å². The zero-order chi connectivity index (χ0) is 25.9. The van der Waals surface area contributed by atoms with Crippen molar-refractivity contribution in [3.63, 3.8) is 0 Å². The lowest BCUT2D eigenvalue weighted by Crippen LogP contribution is -2.35. The van der Waals surface area contributed by atoms with Gasteiger partial charge in [0.1, 0.15) is 11.5 Å². The highest BCUT2D eigenvalue weighted by Gasteiger charge is 2.27. The van der Waals surface area contributed by atoms with E-state index in [1.807, 2.05) is 30.3 Å². The van der Waals surface area contributed by atoms with Crippen LogP contribution in [0.4, 0.5) is 0 Å². The number of amides is 1. The van der Waals surface area contributed by atoms with E-state index in [1.54, 1.807) is 13.2 Å². The molecule has 2 heterocycles. The number of aromatic nitrogens is 2. The average molecular weight is 493 g/mol. The minimum absolute atomic E-state index is 0.334. The van der Waals surface area contributed by atoms with Crippen LogP contribution in [-0.4, -0.2) is 53.8 Å². The molecule has 0 aliphatic carbocycles. The van der Waals surface area contributed by atoms with Gasteiger partial charge in [0.25, 0.3) is 5.56 Å². The van der Waals surface area contributed by atoms with Crippen LogP contribution in [0.3, 0.4) is 0 Å². The van der Waals surface area contributed by atoms with Gasteiger partial charge in [0, 0.05) is 24.6 Å². The summed E-state index contributed by atoms with van der Waals surface area (Å²) >= 11 is 0.